The molecule has 0 saturated carbocycles. The van der Waals surface area contributed by atoms with Crippen LogP contribution in [0.15, 0.2) is 34.7 Å². The number of benzene rings is 2. The maximum Gasteiger partial charge on any atom is 0.298 e. The molecular weight excluding hydrogens is 390 g/mol. The van der Waals surface area contributed by atoms with Crippen molar-refractivity contribution >= 4 is 22.8 Å². The van der Waals surface area contributed by atoms with Gasteiger partial charge in [0.15, 0.2) is 5.58 Å². The number of aliphatic hydroxyl groups is 1. The van der Waals surface area contributed by atoms with Gasteiger partial charge in [0, 0.05) is 38.3 Å². The number of rotatable bonds is 6. The predicted molar refractivity (Wildman–Crippen MR) is 124 cm³/mol. The van der Waals surface area contributed by atoms with Crippen LogP contribution in [0.25, 0.3) is 22.2 Å². The highest BCUT2D eigenvalue weighted by Crippen LogP contribution is 2.44. The molecule has 31 heavy (non-hydrogen) atoms. The van der Waals surface area contributed by atoms with E-state index in [2.05, 4.69) is 47.1 Å². The summed E-state index contributed by atoms with van der Waals surface area (Å²) in [6, 6.07) is 13.4. The van der Waals surface area contributed by atoms with Gasteiger partial charge in [0.1, 0.15) is 11.6 Å². The van der Waals surface area contributed by atoms with Crippen molar-refractivity contribution in [2.24, 2.45) is 0 Å². The minimum Gasteiger partial charge on any atom is -0.421 e. The Hall–Kier alpha value is -3.08. The molecule has 0 amide bonds. The summed E-state index contributed by atoms with van der Waals surface area (Å²) in [6.45, 7) is 4.19. The van der Waals surface area contributed by atoms with Gasteiger partial charge >= 0.3 is 0 Å². The van der Waals surface area contributed by atoms with E-state index in [1.54, 1.807) is 4.90 Å². The molecule has 0 spiro atoms. The molecule has 1 aliphatic heterocycles. The summed E-state index contributed by atoms with van der Waals surface area (Å²) in [6.07, 6.45) is 1.06. The molecule has 162 valence electrons. The van der Waals surface area contributed by atoms with E-state index in [1.165, 1.54) is 0 Å². The van der Waals surface area contributed by atoms with E-state index in [9.17, 15) is 10.4 Å². The summed E-state index contributed by atoms with van der Waals surface area (Å²) in [5.74, 6) is 0. The number of oxazole rings is 1. The molecule has 2 heterocycles. The van der Waals surface area contributed by atoms with Crippen LogP contribution in [0.3, 0.4) is 0 Å². The monoisotopic (exact) mass is 419 g/mol. The van der Waals surface area contributed by atoms with Crippen LogP contribution >= 0.6 is 0 Å². The molecule has 1 fully saturated rings. The van der Waals surface area contributed by atoms with Gasteiger partial charge in [-0.05, 0) is 38.6 Å². The second-order valence-electron chi connectivity index (χ2n) is 8.37. The van der Waals surface area contributed by atoms with E-state index < -0.39 is 0 Å². The molecule has 2 aromatic carbocycles. The standard InChI is InChI=1S/C24H29N5O2/c1-16-19(14-25)21-23(31-24(26-21)28(4)12-13-30)22(20(16)17-8-6-5-7-9-17)29-11-10-18(15-29)27(2)3/h5-9,18,30H,10-13,15H2,1-4H3. The zero-order valence-corrected chi connectivity index (χ0v) is 18.6. The lowest BCUT2D eigenvalue weighted by atomic mass is 9.93. The quantitative estimate of drug-likeness (QED) is 0.657. The lowest BCUT2D eigenvalue weighted by Crippen LogP contribution is -2.31. The van der Waals surface area contributed by atoms with Crippen molar-refractivity contribution in [3.8, 4) is 17.2 Å². The third kappa shape index (κ3) is 3.73. The van der Waals surface area contributed by atoms with Crippen LogP contribution in [0, 0.1) is 18.3 Å². The molecule has 7 nitrogen and oxygen atoms in total. The highest BCUT2D eigenvalue weighted by Gasteiger charge is 2.32. The van der Waals surface area contributed by atoms with Crippen molar-refractivity contribution in [1.29, 1.82) is 5.26 Å². The Kier molecular flexibility index (Phi) is 5.86. The highest BCUT2D eigenvalue weighted by atomic mass is 16.4. The maximum absolute atomic E-state index is 10.0. The second-order valence-corrected chi connectivity index (χ2v) is 8.37. The Bertz CT molecular complexity index is 1120. The van der Waals surface area contributed by atoms with E-state index in [1.807, 2.05) is 32.2 Å². The molecule has 7 heteroatoms. The first kappa shape index (κ1) is 21.2. The molecule has 0 bridgehead atoms. The molecule has 1 unspecified atom stereocenters. The number of likely N-dealkylation sites (N-methyl/N-ethyl adjacent to an activating group) is 2. The van der Waals surface area contributed by atoms with Gasteiger partial charge in [-0.15, -0.1) is 0 Å². The minimum atomic E-state index is -0.00186. The van der Waals surface area contributed by atoms with Crippen molar-refractivity contribution in [2.75, 3.05) is 57.2 Å². The summed E-state index contributed by atoms with van der Waals surface area (Å²) in [5, 5.41) is 19.3. The lowest BCUT2D eigenvalue weighted by molar-refractivity contribution is 0.301. The van der Waals surface area contributed by atoms with Crippen LogP contribution in [0.5, 0.6) is 0 Å². The number of hydrogen-bond donors (Lipinski definition) is 1. The summed E-state index contributed by atoms with van der Waals surface area (Å²) in [5.41, 5.74) is 5.75. The van der Waals surface area contributed by atoms with Crippen LogP contribution in [-0.4, -0.2) is 68.4 Å². The Morgan fingerprint density at radius 1 is 1.26 bits per heavy atom. The third-order valence-corrected chi connectivity index (χ3v) is 6.20. The van der Waals surface area contributed by atoms with Crippen LogP contribution in [-0.2, 0) is 0 Å². The van der Waals surface area contributed by atoms with Gasteiger partial charge in [0.25, 0.3) is 6.01 Å². The van der Waals surface area contributed by atoms with Gasteiger partial charge in [0.05, 0.1) is 17.9 Å². The Balaban J connectivity index is 2.00. The van der Waals surface area contributed by atoms with Crippen molar-refractivity contribution in [2.45, 2.75) is 19.4 Å². The zero-order chi connectivity index (χ0) is 22.1. The van der Waals surface area contributed by atoms with Crippen molar-refractivity contribution in [3.05, 3.63) is 41.5 Å². The number of hydrogen-bond acceptors (Lipinski definition) is 7. The smallest absolute Gasteiger partial charge is 0.298 e. The molecule has 1 N–H and O–H groups in total. The predicted octanol–water partition coefficient (Wildman–Crippen LogP) is 3.24. The van der Waals surface area contributed by atoms with E-state index in [-0.39, 0.29) is 6.61 Å². The maximum atomic E-state index is 10.0. The fourth-order valence-electron chi connectivity index (χ4n) is 4.40. The zero-order valence-electron chi connectivity index (χ0n) is 18.6. The lowest BCUT2D eigenvalue weighted by Gasteiger charge is -2.25. The number of aliphatic hydroxyl groups excluding tert-OH is 1. The molecular formula is C24H29N5O2. The fraction of sp³-hybridized carbons (Fsp3) is 0.417. The van der Waals surface area contributed by atoms with Crippen LogP contribution in [0.2, 0.25) is 0 Å². The molecule has 0 aliphatic carbocycles. The van der Waals surface area contributed by atoms with Crippen molar-refractivity contribution < 1.29 is 9.52 Å². The first-order valence-corrected chi connectivity index (χ1v) is 10.6. The molecule has 3 aromatic rings. The Morgan fingerprint density at radius 2 is 2.00 bits per heavy atom. The third-order valence-electron chi connectivity index (χ3n) is 6.20. The van der Waals surface area contributed by atoms with E-state index in [0.29, 0.717) is 35.3 Å². The average molecular weight is 420 g/mol. The summed E-state index contributed by atoms with van der Waals surface area (Å²) < 4.78 is 6.28. The van der Waals surface area contributed by atoms with Gasteiger partial charge in [-0.2, -0.15) is 10.2 Å². The van der Waals surface area contributed by atoms with Crippen LogP contribution in [0.1, 0.15) is 17.5 Å². The normalized spacial score (nSPS) is 16.3. The molecule has 1 atom stereocenters. The number of anilines is 2. The largest absolute Gasteiger partial charge is 0.421 e. The molecule has 1 aromatic heterocycles. The fourth-order valence-corrected chi connectivity index (χ4v) is 4.40. The first-order chi connectivity index (χ1) is 15.0. The van der Waals surface area contributed by atoms with Crippen molar-refractivity contribution in [3.63, 3.8) is 0 Å². The number of fused-ring (bicyclic) bond motifs is 1. The molecule has 4 rings (SSSR count). The summed E-state index contributed by atoms with van der Waals surface area (Å²) in [4.78, 5) is 11.1. The van der Waals surface area contributed by atoms with Crippen LogP contribution in [0.4, 0.5) is 11.7 Å². The van der Waals surface area contributed by atoms with Crippen LogP contribution < -0.4 is 9.80 Å². The Labute approximate surface area is 183 Å². The summed E-state index contributed by atoms with van der Waals surface area (Å²) in [7, 11) is 6.06. The molecule has 1 saturated heterocycles. The van der Waals surface area contributed by atoms with E-state index in [4.69, 9.17) is 4.42 Å². The second kappa shape index (κ2) is 8.58. The van der Waals surface area contributed by atoms with Gasteiger partial charge < -0.3 is 24.2 Å². The van der Waals surface area contributed by atoms with Crippen molar-refractivity contribution in [1.82, 2.24) is 9.88 Å². The average Bonchev–Trinajstić information content (AvgIpc) is 3.42. The molecule has 1 aliphatic rings. The summed E-state index contributed by atoms with van der Waals surface area (Å²) >= 11 is 0. The number of nitrogens with zero attached hydrogens (tertiary/aromatic N) is 5. The van der Waals surface area contributed by atoms with Gasteiger partial charge in [-0.25, -0.2) is 0 Å². The van der Waals surface area contributed by atoms with Gasteiger partial charge in [0.2, 0.25) is 0 Å². The topological polar surface area (TPSA) is 79.8 Å². The number of nitriles is 1. The van der Waals surface area contributed by atoms with Gasteiger partial charge in [-0.1, -0.05) is 30.3 Å². The van der Waals surface area contributed by atoms with E-state index in [0.717, 1.165) is 41.9 Å². The highest BCUT2D eigenvalue weighted by molar-refractivity contribution is 6.02. The Morgan fingerprint density at radius 3 is 2.61 bits per heavy atom. The number of aromatic nitrogens is 1. The minimum absolute atomic E-state index is 0.00186. The first-order valence-electron chi connectivity index (χ1n) is 10.6. The van der Waals surface area contributed by atoms with Gasteiger partial charge in [-0.3, -0.25) is 0 Å². The van der Waals surface area contributed by atoms with E-state index >= 15 is 0 Å². The molecule has 0 radical (unpaired) electrons. The SMILES string of the molecule is Cc1c(-c2ccccc2)c(N2CCC(N(C)C)C2)c2oc(N(C)CCO)nc2c1C#N.